The van der Waals surface area contributed by atoms with Gasteiger partial charge in [-0.15, -0.1) is 0 Å². The number of anilines is 2. The van der Waals surface area contributed by atoms with E-state index >= 15 is 0 Å². The van der Waals surface area contributed by atoms with Crippen LogP contribution in [0.1, 0.15) is 16.2 Å². The van der Waals surface area contributed by atoms with Gasteiger partial charge in [0.15, 0.2) is 11.5 Å². The second kappa shape index (κ2) is 9.36. The Labute approximate surface area is 168 Å². The molecule has 2 heterocycles. The molecule has 9 heteroatoms. The van der Waals surface area contributed by atoms with Gasteiger partial charge in [-0.05, 0) is 12.1 Å². The predicted molar refractivity (Wildman–Crippen MR) is 108 cm³/mol. The molecule has 2 aromatic heterocycles. The summed E-state index contributed by atoms with van der Waals surface area (Å²) in [5, 5.41) is 5.90. The third-order valence-corrected chi connectivity index (χ3v) is 4.00. The molecule has 0 aliphatic heterocycles. The third-order valence-electron chi connectivity index (χ3n) is 4.00. The van der Waals surface area contributed by atoms with Crippen molar-refractivity contribution < 1.29 is 19.0 Å². The minimum absolute atomic E-state index is 0.206. The van der Waals surface area contributed by atoms with Crippen LogP contribution in [0.2, 0.25) is 0 Å². The second-order valence-corrected chi connectivity index (χ2v) is 5.83. The summed E-state index contributed by atoms with van der Waals surface area (Å²) in [5.74, 6) is 1.42. The zero-order chi connectivity index (χ0) is 20.6. The average Bonchev–Trinajstić information content (AvgIpc) is 2.77. The van der Waals surface area contributed by atoms with Gasteiger partial charge in [0.05, 0.1) is 33.6 Å². The Bertz CT molecular complexity index is 957. The number of aromatic nitrogens is 3. The van der Waals surface area contributed by atoms with Gasteiger partial charge >= 0.3 is 0 Å². The number of pyridine rings is 1. The number of hydrogen-bond donors (Lipinski definition) is 2. The highest BCUT2D eigenvalue weighted by molar-refractivity contribution is 6.03. The lowest BCUT2D eigenvalue weighted by Crippen LogP contribution is -2.15. The highest BCUT2D eigenvalue weighted by Gasteiger charge is 2.16. The maximum absolute atomic E-state index is 12.6. The highest BCUT2D eigenvalue weighted by atomic mass is 16.5. The van der Waals surface area contributed by atoms with Crippen molar-refractivity contribution in [3.63, 3.8) is 0 Å². The highest BCUT2D eigenvalue weighted by Crippen LogP contribution is 2.40. The van der Waals surface area contributed by atoms with Crippen LogP contribution in [-0.4, -0.2) is 42.2 Å². The molecule has 3 rings (SSSR count). The summed E-state index contributed by atoms with van der Waals surface area (Å²) in [6, 6.07) is 10.5. The van der Waals surface area contributed by atoms with Gasteiger partial charge in [-0.2, -0.15) is 0 Å². The topological polar surface area (TPSA) is 107 Å². The molecule has 1 amide bonds. The average molecular weight is 395 g/mol. The SMILES string of the molecule is COc1cc(NC(=O)c2cc(NCc3ccccn3)ncn2)cc(OC)c1OC. The maximum atomic E-state index is 12.6. The van der Waals surface area contributed by atoms with E-state index in [1.54, 1.807) is 24.4 Å². The summed E-state index contributed by atoms with van der Waals surface area (Å²) in [4.78, 5) is 25.1. The van der Waals surface area contributed by atoms with E-state index in [1.807, 2.05) is 18.2 Å². The molecule has 0 bridgehead atoms. The first-order valence-corrected chi connectivity index (χ1v) is 8.71. The largest absolute Gasteiger partial charge is 0.493 e. The molecule has 29 heavy (non-hydrogen) atoms. The lowest BCUT2D eigenvalue weighted by Gasteiger charge is -2.14. The fourth-order valence-corrected chi connectivity index (χ4v) is 2.61. The van der Waals surface area contributed by atoms with Crippen molar-refractivity contribution in [1.29, 1.82) is 0 Å². The molecule has 0 aliphatic rings. The van der Waals surface area contributed by atoms with Gasteiger partial charge in [-0.3, -0.25) is 9.78 Å². The minimum Gasteiger partial charge on any atom is -0.493 e. The van der Waals surface area contributed by atoms with E-state index in [0.29, 0.717) is 35.3 Å². The number of hydrogen-bond acceptors (Lipinski definition) is 8. The van der Waals surface area contributed by atoms with Crippen molar-refractivity contribution in [2.75, 3.05) is 32.0 Å². The van der Waals surface area contributed by atoms with Crippen LogP contribution in [0, 0.1) is 0 Å². The van der Waals surface area contributed by atoms with Crippen molar-refractivity contribution in [3.8, 4) is 17.2 Å². The summed E-state index contributed by atoms with van der Waals surface area (Å²) in [7, 11) is 4.53. The van der Waals surface area contributed by atoms with E-state index in [4.69, 9.17) is 14.2 Å². The normalized spacial score (nSPS) is 10.2. The first-order valence-electron chi connectivity index (χ1n) is 8.71. The van der Waals surface area contributed by atoms with Crippen molar-refractivity contribution >= 4 is 17.4 Å². The minimum atomic E-state index is -0.400. The molecule has 1 aromatic carbocycles. The number of nitrogens with one attached hydrogen (secondary N) is 2. The van der Waals surface area contributed by atoms with Crippen molar-refractivity contribution in [2.24, 2.45) is 0 Å². The van der Waals surface area contributed by atoms with Crippen LogP contribution in [0.25, 0.3) is 0 Å². The van der Waals surface area contributed by atoms with E-state index in [9.17, 15) is 4.79 Å². The number of nitrogens with zero attached hydrogens (tertiary/aromatic N) is 3. The summed E-state index contributed by atoms with van der Waals surface area (Å²) < 4.78 is 15.9. The molecule has 0 atom stereocenters. The van der Waals surface area contributed by atoms with Gasteiger partial charge in [0.25, 0.3) is 5.91 Å². The van der Waals surface area contributed by atoms with E-state index in [0.717, 1.165) is 5.69 Å². The molecule has 0 fully saturated rings. The molecule has 2 N–H and O–H groups in total. The molecule has 0 unspecified atom stereocenters. The third kappa shape index (κ3) is 4.89. The Hall–Kier alpha value is -3.88. The molecule has 3 aromatic rings. The van der Waals surface area contributed by atoms with Crippen molar-refractivity contribution in [1.82, 2.24) is 15.0 Å². The van der Waals surface area contributed by atoms with Gasteiger partial charge in [-0.25, -0.2) is 9.97 Å². The Morgan fingerprint density at radius 3 is 2.34 bits per heavy atom. The van der Waals surface area contributed by atoms with E-state index in [-0.39, 0.29) is 5.69 Å². The molecular formula is C20H21N5O4. The molecule has 9 nitrogen and oxygen atoms in total. The summed E-state index contributed by atoms with van der Waals surface area (Å²) >= 11 is 0. The van der Waals surface area contributed by atoms with Crippen LogP contribution in [0.4, 0.5) is 11.5 Å². The summed E-state index contributed by atoms with van der Waals surface area (Å²) in [5.41, 5.74) is 1.54. The number of benzene rings is 1. The standard InChI is InChI=1S/C20H21N5O4/c1-27-16-8-14(9-17(28-2)19(16)29-3)25-20(26)15-10-18(24-12-23-15)22-11-13-6-4-5-7-21-13/h4-10,12H,11H2,1-3H3,(H,25,26)(H,22,23,24). The van der Waals surface area contributed by atoms with Crippen molar-refractivity contribution in [3.05, 3.63) is 60.3 Å². The number of methoxy groups -OCH3 is 3. The molecular weight excluding hydrogens is 374 g/mol. The predicted octanol–water partition coefficient (Wildman–Crippen LogP) is 2.76. The molecule has 0 saturated carbocycles. The van der Waals surface area contributed by atoms with Crippen LogP contribution < -0.4 is 24.8 Å². The fraction of sp³-hybridized carbons (Fsp3) is 0.200. The Kier molecular flexibility index (Phi) is 6.41. The molecule has 0 spiro atoms. The van der Waals surface area contributed by atoms with E-state index in [2.05, 4.69) is 25.6 Å². The lowest BCUT2D eigenvalue weighted by atomic mass is 10.2. The van der Waals surface area contributed by atoms with Crippen LogP contribution in [0.3, 0.4) is 0 Å². The quantitative estimate of drug-likeness (QED) is 0.600. The van der Waals surface area contributed by atoms with Crippen LogP contribution in [-0.2, 0) is 6.54 Å². The summed E-state index contributed by atoms with van der Waals surface area (Å²) in [6.45, 7) is 0.478. The van der Waals surface area contributed by atoms with Crippen LogP contribution >= 0.6 is 0 Å². The first-order chi connectivity index (χ1) is 14.1. The number of rotatable bonds is 8. The first kappa shape index (κ1) is 19.9. The molecule has 0 radical (unpaired) electrons. The van der Waals surface area contributed by atoms with Gasteiger partial charge in [-0.1, -0.05) is 6.07 Å². The second-order valence-electron chi connectivity index (χ2n) is 5.83. The van der Waals surface area contributed by atoms with Gasteiger partial charge in [0, 0.05) is 30.1 Å². The van der Waals surface area contributed by atoms with Crippen molar-refractivity contribution in [2.45, 2.75) is 6.54 Å². The van der Waals surface area contributed by atoms with Gasteiger partial charge in [0.2, 0.25) is 5.75 Å². The Balaban J connectivity index is 1.74. The van der Waals surface area contributed by atoms with Gasteiger partial charge in [0.1, 0.15) is 17.8 Å². The number of amides is 1. The monoisotopic (exact) mass is 395 g/mol. The fourth-order valence-electron chi connectivity index (χ4n) is 2.61. The van der Waals surface area contributed by atoms with E-state index < -0.39 is 5.91 Å². The van der Waals surface area contributed by atoms with Gasteiger partial charge < -0.3 is 24.8 Å². The molecule has 0 saturated heterocycles. The Morgan fingerprint density at radius 2 is 1.72 bits per heavy atom. The maximum Gasteiger partial charge on any atom is 0.274 e. The zero-order valence-corrected chi connectivity index (χ0v) is 16.3. The van der Waals surface area contributed by atoms with Crippen LogP contribution in [0.5, 0.6) is 17.2 Å². The number of ether oxygens (including phenoxy) is 3. The van der Waals surface area contributed by atoms with E-state index in [1.165, 1.54) is 27.7 Å². The molecule has 150 valence electrons. The molecule has 0 aliphatic carbocycles. The van der Waals surface area contributed by atoms with Crippen LogP contribution in [0.15, 0.2) is 48.9 Å². The smallest absolute Gasteiger partial charge is 0.274 e. The zero-order valence-electron chi connectivity index (χ0n) is 16.3. The summed E-state index contributed by atoms with van der Waals surface area (Å²) in [6.07, 6.45) is 3.04. The number of carbonyl (C=O) groups is 1. The Morgan fingerprint density at radius 1 is 0.966 bits per heavy atom. The lowest BCUT2D eigenvalue weighted by molar-refractivity contribution is 0.102. The number of carbonyl (C=O) groups excluding carboxylic acids is 1.